The number of hydrogen-bond acceptors (Lipinski definition) is 3. The van der Waals surface area contributed by atoms with Crippen LogP contribution in [0.1, 0.15) is 52.4 Å². The van der Waals surface area contributed by atoms with Crippen LogP contribution in [-0.2, 0) is 6.54 Å². The van der Waals surface area contributed by atoms with Crippen LogP contribution >= 0.6 is 0 Å². The summed E-state index contributed by atoms with van der Waals surface area (Å²) < 4.78 is 2.04. The molecule has 1 aromatic rings. The van der Waals surface area contributed by atoms with Gasteiger partial charge in [-0.1, -0.05) is 20.8 Å². The minimum Gasteiger partial charge on any atom is -0.326 e. The zero-order chi connectivity index (χ0) is 15.2. The second-order valence-corrected chi connectivity index (χ2v) is 6.67. The number of piperazine rings is 1. The normalized spacial score (nSPS) is 24.4. The molecule has 0 saturated carbocycles. The number of nitrogens with one attached hydrogen (secondary N) is 2. The van der Waals surface area contributed by atoms with Gasteiger partial charge in [-0.3, -0.25) is 0 Å². The van der Waals surface area contributed by atoms with E-state index in [1.54, 1.807) is 9.80 Å². The van der Waals surface area contributed by atoms with Crippen LogP contribution in [0.4, 0.5) is 0 Å². The van der Waals surface area contributed by atoms with Crippen LogP contribution in [0.5, 0.6) is 0 Å². The Morgan fingerprint density at radius 2 is 1.86 bits per heavy atom. The predicted octanol–water partition coefficient (Wildman–Crippen LogP) is -1.03. The van der Waals surface area contributed by atoms with Crippen molar-refractivity contribution in [2.45, 2.75) is 53.1 Å². The Hall–Kier alpha value is -1.01. The molecule has 21 heavy (non-hydrogen) atoms. The van der Waals surface area contributed by atoms with E-state index < -0.39 is 0 Å². The van der Waals surface area contributed by atoms with Crippen LogP contribution < -0.4 is 9.80 Å². The highest BCUT2D eigenvalue weighted by atomic mass is 15.5. The van der Waals surface area contributed by atoms with Crippen molar-refractivity contribution in [1.29, 1.82) is 0 Å². The third kappa shape index (κ3) is 4.23. The van der Waals surface area contributed by atoms with Crippen LogP contribution in [0, 0.1) is 5.92 Å². The highest BCUT2D eigenvalue weighted by Crippen LogP contribution is 2.11. The van der Waals surface area contributed by atoms with Gasteiger partial charge in [-0.25, -0.2) is 4.68 Å². The van der Waals surface area contributed by atoms with Crippen molar-refractivity contribution in [3.63, 3.8) is 0 Å². The molecule has 0 spiro atoms. The average Bonchev–Trinajstić information content (AvgIpc) is 2.95. The molecule has 1 saturated heterocycles. The lowest BCUT2D eigenvalue weighted by molar-refractivity contribution is -1.03. The van der Waals surface area contributed by atoms with Crippen LogP contribution in [0.2, 0.25) is 0 Å². The van der Waals surface area contributed by atoms with E-state index in [4.69, 9.17) is 0 Å². The summed E-state index contributed by atoms with van der Waals surface area (Å²) in [6.45, 7) is 16.2. The predicted molar refractivity (Wildman–Crippen MR) is 82.2 cm³/mol. The lowest BCUT2D eigenvalue weighted by Crippen LogP contribution is -3.28. The maximum atomic E-state index is 4.35. The molecule has 0 aromatic carbocycles. The highest BCUT2D eigenvalue weighted by Gasteiger charge is 2.32. The van der Waals surface area contributed by atoms with E-state index >= 15 is 0 Å². The van der Waals surface area contributed by atoms with Crippen LogP contribution in [0.3, 0.4) is 0 Å². The average molecular weight is 296 g/mol. The number of tetrazole rings is 1. The van der Waals surface area contributed by atoms with Crippen LogP contribution in [0.15, 0.2) is 0 Å². The Morgan fingerprint density at radius 3 is 2.43 bits per heavy atom. The Kier molecular flexibility index (Phi) is 6.11. The minimum atomic E-state index is 0.450. The molecule has 1 aliphatic rings. The number of aryl methyl sites for hydroxylation is 1. The molecule has 6 heteroatoms. The van der Waals surface area contributed by atoms with E-state index in [2.05, 4.69) is 43.2 Å². The first-order valence-corrected chi connectivity index (χ1v) is 8.59. The molecule has 0 amide bonds. The molecule has 2 N–H and O–H groups in total. The van der Waals surface area contributed by atoms with Crippen molar-refractivity contribution in [3.05, 3.63) is 5.82 Å². The van der Waals surface area contributed by atoms with Crippen molar-refractivity contribution >= 4 is 0 Å². The first-order valence-electron chi connectivity index (χ1n) is 8.59. The van der Waals surface area contributed by atoms with Gasteiger partial charge in [-0.2, -0.15) is 0 Å². The van der Waals surface area contributed by atoms with Gasteiger partial charge in [-0.15, -0.1) is 5.10 Å². The summed E-state index contributed by atoms with van der Waals surface area (Å²) in [6.07, 6.45) is 2.25. The van der Waals surface area contributed by atoms with E-state index in [0.29, 0.717) is 12.0 Å². The SMILES string of the molecule is CC[C@@H](c1nnnn1CCC(C)C)[NH+]1CC[NH+](CC)CC1. The van der Waals surface area contributed by atoms with Gasteiger partial charge in [-0.05, 0) is 29.7 Å². The molecular formula is C15H32N6+2. The van der Waals surface area contributed by atoms with Crippen molar-refractivity contribution in [2.75, 3.05) is 32.7 Å². The minimum absolute atomic E-state index is 0.450. The Bertz CT molecular complexity index is 408. The first-order chi connectivity index (χ1) is 10.2. The van der Waals surface area contributed by atoms with Crippen LogP contribution in [0.25, 0.3) is 0 Å². The zero-order valence-electron chi connectivity index (χ0n) is 14.1. The topological polar surface area (TPSA) is 52.5 Å². The van der Waals surface area contributed by atoms with Gasteiger partial charge < -0.3 is 9.80 Å². The number of nitrogens with zero attached hydrogens (tertiary/aromatic N) is 4. The second-order valence-electron chi connectivity index (χ2n) is 6.67. The fraction of sp³-hybridized carbons (Fsp3) is 0.933. The monoisotopic (exact) mass is 296 g/mol. The number of aromatic nitrogens is 4. The van der Waals surface area contributed by atoms with Crippen molar-refractivity contribution in [3.8, 4) is 0 Å². The molecule has 120 valence electrons. The third-order valence-electron chi connectivity index (χ3n) is 4.79. The third-order valence-corrected chi connectivity index (χ3v) is 4.79. The maximum absolute atomic E-state index is 4.35. The molecule has 1 aromatic heterocycles. The quantitative estimate of drug-likeness (QED) is 0.677. The standard InChI is InChI=1S/C15H30N6/c1-5-14(20-11-9-19(6-2)10-12-20)15-16-17-18-21(15)8-7-13(3)4/h13-14H,5-12H2,1-4H3/p+2/t14-/m0/s1. The van der Waals surface area contributed by atoms with Crippen molar-refractivity contribution < 1.29 is 9.80 Å². The van der Waals surface area contributed by atoms with Crippen molar-refractivity contribution in [1.82, 2.24) is 20.2 Å². The zero-order valence-corrected chi connectivity index (χ0v) is 14.1. The van der Waals surface area contributed by atoms with Gasteiger partial charge in [0.05, 0.1) is 6.54 Å². The number of rotatable bonds is 7. The highest BCUT2D eigenvalue weighted by molar-refractivity contribution is 4.87. The molecular weight excluding hydrogens is 264 g/mol. The summed E-state index contributed by atoms with van der Waals surface area (Å²) >= 11 is 0. The lowest BCUT2D eigenvalue weighted by Gasteiger charge is -2.33. The van der Waals surface area contributed by atoms with Gasteiger partial charge >= 0.3 is 0 Å². The van der Waals surface area contributed by atoms with E-state index in [-0.39, 0.29) is 0 Å². The Balaban J connectivity index is 2.02. The van der Waals surface area contributed by atoms with Gasteiger partial charge in [0.15, 0.2) is 0 Å². The molecule has 1 atom stereocenters. The molecule has 2 heterocycles. The van der Waals surface area contributed by atoms with Gasteiger partial charge in [0.25, 0.3) is 0 Å². The van der Waals surface area contributed by atoms with Crippen LogP contribution in [-0.4, -0.2) is 52.9 Å². The van der Waals surface area contributed by atoms with Crippen molar-refractivity contribution in [2.24, 2.45) is 5.92 Å². The Labute approximate surface area is 128 Å². The number of quaternary nitrogens is 2. The summed E-state index contributed by atoms with van der Waals surface area (Å²) in [4.78, 5) is 3.39. The van der Waals surface area contributed by atoms with E-state index in [0.717, 1.165) is 25.2 Å². The maximum Gasteiger partial charge on any atom is 0.209 e. The second kappa shape index (κ2) is 7.84. The number of likely N-dealkylation sites (N-methyl/N-ethyl adjacent to an activating group) is 1. The summed E-state index contributed by atoms with van der Waals surface area (Å²) in [5.74, 6) is 1.78. The molecule has 6 nitrogen and oxygen atoms in total. The van der Waals surface area contributed by atoms with E-state index in [1.165, 1.54) is 32.7 Å². The largest absolute Gasteiger partial charge is 0.326 e. The first kappa shape index (κ1) is 16.4. The van der Waals surface area contributed by atoms with Gasteiger partial charge in [0.2, 0.25) is 5.82 Å². The van der Waals surface area contributed by atoms with Gasteiger partial charge in [0.1, 0.15) is 32.2 Å². The molecule has 2 rings (SSSR count). The molecule has 1 fully saturated rings. The molecule has 0 bridgehead atoms. The molecule has 0 aliphatic carbocycles. The molecule has 1 aliphatic heterocycles. The smallest absolute Gasteiger partial charge is 0.209 e. The summed E-state index contributed by atoms with van der Waals surface area (Å²) in [5.41, 5.74) is 0. The van der Waals surface area contributed by atoms with E-state index in [1.807, 2.05) is 4.68 Å². The van der Waals surface area contributed by atoms with E-state index in [9.17, 15) is 0 Å². The summed E-state index contributed by atoms with van der Waals surface area (Å²) in [6, 6.07) is 0.450. The summed E-state index contributed by atoms with van der Waals surface area (Å²) in [5, 5.41) is 12.5. The van der Waals surface area contributed by atoms with Gasteiger partial charge in [0, 0.05) is 13.0 Å². The number of hydrogen-bond donors (Lipinski definition) is 2. The fourth-order valence-corrected chi connectivity index (χ4v) is 3.28. The fourth-order valence-electron chi connectivity index (χ4n) is 3.28. The summed E-state index contributed by atoms with van der Waals surface area (Å²) in [7, 11) is 0. The molecule has 0 radical (unpaired) electrons. The molecule has 0 unspecified atom stereocenters. The Morgan fingerprint density at radius 1 is 1.14 bits per heavy atom. The lowest BCUT2D eigenvalue weighted by atomic mass is 10.1.